The van der Waals surface area contributed by atoms with E-state index < -0.39 is 5.97 Å². The molecule has 0 aliphatic heterocycles. The molecule has 0 saturated carbocycles. The summed E-state index contributed by atoms with van der Waals surface area (Å²) in [7, 11) is 0. The van der Waals surface area contributed by atoms with E-state index in [4.69, 9.17) is 5.73 Å². The Hall–Kier alpha value is -3.14. The van der Waals surface area contributed by atoms with Gasteiger partial charge < -0.3 is 10.8 Å². The number of ketones is 1. The van der Waals surface area contributed by atoms with E-state index in [-0.39, 0.29) is 16.9 Å². The Balaban J connectivity index is 2.27. The highest BCUT2D eigenvalue weighted by Gasteiger charge is 2.21. The topological polar surface area (TPSA) is 80.4 Å². The van der Waals surface area contributed by atoms with Crippen LogP contribution in [-0.4, -0.2) is 16.9 Å². The normalized spacial score (nSPS) is 10.5. The predicted molar refractivity (Wildman–Crippen MR) is 85.2 cm³/mol. The molecule has 0 amide bonds. The molecule has 0 radical (unpaired) electrons. The fourth-order valence-corrected chi connectivity index (χ4v) is 2.54. The summed E-state index contributed by atoms with van der Waals surface area (Å²) in [6, 6.07) is 17.0. The minimum atomic E-state index is -1.14. The highest BCUT2D eigenvalue weighted by Crippen LogP contribution is 2.27. The van der Waals surface area contributed by atoms with Gasteiger partial charge in [-0.15, -0.1) is 0 Å². The Morgan fingerprint density at radius 1 is 0.818 bits per heavy atom. The Labute approximate surface area is 126 Å². The third kappa shape index (κ3) is 2.20. The first-order valence-electron chi connectivity index (χ1n) is 6.74. The maximum Gasteiger partial charge on any atom is 0.336 e. The van der Waals surface area contributed by atoms with Crippen LogP contribution >= 0.6 is 0 Å². The van der Waals surface area contributed by atoms with Gasteiger partial charge in [-0.05, 0) is 22.9 Å². The number of carboxylic acids is 1. The van der Waals surface area contributed by atoms with Crippen LogP contribution in [0.1, 0.15) is 26.3 Å². The van der Waals surface area contributed by atoms with Gasteiger partial charge in [0, 0.05) is 11.3 Å². The second-order valence-corrected chi connectivity index (χ2v) is 4.93. The van der Waals surface area contributed by atoms with E-state index in [0.717, 1.165) is 5.39 Å². The third-order valence-electron chi connectivity index (χ3n) is 3.59. The molecule has 3 aromatic rings. The smallest absolute Gasteiger partial charge is 0.336 e. The molecular weight excluding hydrogens is 278 g/mol. The van der Waals surface area contributed by atoms with Crippen LogP contribution in [0.15, 0.2) is 60.7 Å². The lowest BCUT2D eigenvalue weighted by Crippen LogP contribution is -2.11. The standard InChI is InChI=1S/C18H13NO3/c19-15-10-9-11-5-1-2-6-12(11)16(15)17(20)13-7-3-4-8-14(13)18(21)22/h1-10H,19H2,(H,21,22). The van der Waals surface area contributed by atoms with Gasteiger partial charge >= 0.3 is 5.97 Å². The van der Waals surface area contributed by atoms with E-state index >= 15 is 0 Å². The van der Waals surface area contributed by atoms with E-state index in [2.05, 4.69) is 0 Å². The van der Waals surface area contributed by atoms with Crippen LogP contribution < -0.4 is 5.73 Å². The summed E-state index contributed by atoms with van der Waals surface area (Å²) in [5.41, 5.74) is 6.77. The number of carbonyl (C=O) groups excluding carboxylic acids is 1. The van der Waals surface area contributed by atoms with Crippen LogP contribution in [0, 0.1) is 0 Å². The Bertz CT molecular complexity index is 900. The van der Waals surface area contributed by atoms with E-state index in [1.165, 1.54) is 12.1 Å². The van der Waals surface area contributed by atoms with Gasteiger partial charge in [-0.25, -0.2) is 4.79 Å². The van der Waals surface area contributed by atoms with Crippen molar-refractivity contribution in [1.29, 1.82) is 0 Å². The molecule has 3 rings (SSSR count). The number of nitrogen functional groups attached to an aromatic ring is 1. The zero-order valence-electron chi connectivity index (χ0n) is 11.6. The van der Waals surface area contributed by atoms with Crippen LogP contribution in [0.5, 0.6) is 0 Å². The summed E-state index contributed by atoms with van der Waals surface area (Å²) < 4.78 is 0. The Kier molecular flexibility index (Phi) is 3.35. The highest BCUT2D eigenvalue weighted by atomic mass is 16.4. The number of carboxylic acid groups (broad SMARTS) is 1. The number of hydrogen-bond donors (Lipinski definition) is 2. The lowest BCUT2D eigenvalue weighted by molar-refractivity contribution is 0.0693. The quantitative estimate of drug-likeness (QED) is 0.573. The fourth-order valence-electron chi connectivity index (χ4n) is 2.54. The summed E-state index contributed by atoms with van der Waals surface area (Å²) in [6.07, 6.45) is 0. The average Bonchev–Trinajstić information content (AvgIpc) is 2.54. The van der Waals surface area contributed by atoms with E-state index in [9.17, 15) is 14.7 Å². The Morgan fingerprint density at radius 2 is 1.45 bits per heavy atom. The minimum Gasteiger partial charge on any atom is -0.478 e. The van der Waals surface area contributed by atoms with Crippen LogP contribution in [0.3, 0.4) is 0 Å². The van der Waals surface area contributed by atoms with Crippen molar-refractivity contribution in [2.75, 3.05) is 5.73 Å². The van der Waals surface area contributed by atoms with Gasteiger partial charge in [0.2, 0.25) is 0 Å². The number of hydrogen-bond acceptors (Lipinski definition) is 3. The number of anilines is 1. The molecule has 3 N–H and O–H groups in total. The van der Waals surface area contributed by atoms with Gasteiger partial charge in [0.05, 0.1) is 11.1 Å². The molecule has 108 valence electrons. The SMILES string of the molecule is Nc1ccc2ccccc2c1C(=O)c1ccccc1C(=O)O. The molecule has 4 heteroatoms. The molecule has 0 spiro atoms. The number of aromatic carboxylic acids is 1. The number of benzene rings is 3. The maximum atomic E-state index is 12.9. The van der Waals surface area contributed by atoms with E-state index in [0.29, 0.717) is 16.6 Å². The number of carbonyl (C=O) groups is 2. The van der Waals surface area contributed by atoms with Crippen molar-refractivity contribution in [3.63, 3.8) is 0 Å². The lowest BCUT2D eigenvalue weighted by Gasteiger charge is -2.11. The van der Waals surface area contributed by atoms with Gasteiger partial charge in [-0.1, -0.05) is 48.5 Å². The van der Waals surface area contributed by atoms with Crippen molar-refractivity contribution >= 4 is 28.2 Å². The van der Waals surface area contributed by atoms with Gasteiger partial charge in [0.1, 0.15) is 0 Å². The predicted octanol–water partition coefficient (Wildman–Crippen LogP) is 3.35. The van der Waals surface area contributed by atoms with E-state index in [1.54, 1.807) is 18.2 Å². The third-order valence-corrected chi connectivity index (χ3v) is 3.59. The van der Waals surface area contributed by atoms with Crippen molar-refractivity contribution < 1.29 is 14.7 Å². The summed E-state index contributed by atoms with van der Waals surface area (Å²) in [5, 5.41) is 10.9. The molecule has 0 atom stereocenters. The molecule has 0 heterocycles. The molecule has 4 nitrogen and oxygen atoms in total. The first-order valence-corrected chi connectivity index (χ1v) is 6.74. The number of fused-ring (bicyclic) bond motifs is 1. The van der Waals surface area contributed by atoms with Crippen molar-refractivity contribution in [1.82, 2.24) is 0 Å². The fraction of sp³-hybridized carbons (Fsp3) is 0. The van der Waals surface area contributed by atoms with Gasteiger partial charge in [-0.2, -0.15) is 0 Å². The summed E-state index contributed by atoms with van der Waals surface area (Å²) >= 11 is 0. The molecule has 0 bridgehead atoms. The van der Waals surface area contributed by atoms with Crippen LogP contribution in [0.4, 0.5) is 5.69 Å². The number of rotatable bonds is 3. The van der Waals surface area contributed by atoms with Gasteiger partial charge in [-0.3, -0.25) is 4.79 Å². The molecule has 0 aromatic heterocycles. The van der Waals surface area contributed by atoms with Gasteiger partial charge in [0.25, 0.3) is 0 Å². The molecular formula is C18H13NO3. The zero-order chi connectivity index (χ0) is 15.7. The van der Waals surface area contributed by atoms with Crippen molar-refractivity contribution in [3.8, 4) is 0 Å². The van der Waals surface area contributed by atoms with Crippen LogP contribution in [-0.2, 0) is 0 Å². The van der Waals surface area contributed by atoms with Crippen LogP contribution in [0.2, 0.25) is 0 Å². The average molecular weight is 291 g/mol. The first kappa shape index (κ1) is 13.8. The molecule has 0 unspecified atom stereocenters. The summed E-state index contributed by atoms with van der Waals surface area (Å²) in [5.74, 6) is -1.52. The second-order valence-electron chi connectivity index (χ2n) is 4.93. The zero-order valence-corrected chi connectivity index (χ0v) is 11.6. The molecule has 0 aliphatic rings. The summed E-state index contributed by atoms with van der Waals surface area (Å²) in [4.78, 5) is 24.2. The Morgan fingerprint density at radius 3 is 2.18 bits per heavy atom. The van der Waals surface area contributed by atoms with Crippen molar-refractivity contribution in [3.05, 3.63) is 77.4 Å². The minimum absolute atomic E-state index is 0.0279. The second kappa shape index (κ2) is 5.33. The van der Waals surface area contributed by atoms with Crippen molar-refractivity contribution in [2.24, 2.45) is 0 Å². The number of nitrogens with two attached hydrogens (primary N) is 1. The molecule has 0 fully saturated rings. The monoisotopic (exact) mass is 291 g/mol. The summed E-state index contributed by atoms with van der Waals surface area (Å²) in [6.45, 7) is 0. The van der Waals surface area contributed by atoms with E-state index in [1.807, 2.05) is 30.3 Å². The van der Waals surface area contributed by atoms with Crippen molar-refractivity contribution in [2.45, 2.75) is 0 Å². The molecule has 0 saturated heterocycles. The maximum absolute atomic E-state index is 12.9. The largest absolute Gasteiger partial charge is 0.478 e. The first-order chi connectivity index (χ1) is 10.6. The molecule has 0 aliphatic carbocycles. The lowest BCUT2D eigenvalue weighted by atomic mass is 9.93. The van der Waals surface area contributed by atoms with Gasteiger partial charge in [0.15, 0.2) is 5.78 Å². The van der Waals surface area contributed by atoms with Crippen LogP contribution in [0.25, 0.3) is 10.8 Å². The highest BCUT2D eigenvalue weighted by molar-refractivity contribution is 6.22. The molecule has 22 heavy (non-hydrogen) atoms. The molecule has 3 aromatic carbocycles.